The van der Waals surface area contributed by atoms with E-state index in [9.17, 15) is 21.6 Å². The van der Waals surface area contributed by atoms with Crippen LogP contribution in [0.15, 0.2) is 52.3 Å². The number of nitrogens with one attached hydrogen (secondary N) is 1. The minimum atomic E-state index is -3.84. The van der Waals surface area contributed by atoms with Crippen LogP contribution in [0.4, 0.5) is 5.69 Å². The second kappa shape index (κ2) is 9.25. The number of sulfonamides is 2. The maximum absolute atomic E-state index is 12.9. The zero-order chi connectivity index (χ0) is 22.7. The molecular formula is C20H27N3O5S2. The number of rotatable bonds is 8. The lowest BCUT2D eigenvalue weighted by molar-refractivity contribution is -0.116. The smallest absolute Gasteiger partial charge is 0.243 e. The highest BCUT2D eigenvalue weighted by Gasteiger charge is 2.26. The molecule has 0 radical (unpaired) electrons. The summed E-state index contributed by atoms with van der Waals surface area (Å²) in [4.78, 5) is 12.7. The van der Waals surface area contributed by atoms with Crippen molar-refractivity contribution in [3.05, 3.63) is 53.6 Å². The first kappa shape index (κ1) is 24.0. The third-order valence-electron chi connectivity index (χ3n) is 4.59. The standard InChI is InChI=1S/C20H27N3O5S2/c1-6-23(30(27,28)17-10-7-15(2)8-11-17)14-20(24)21-19-13-18(12-9-16(19)3)29(25,26)22(4)5/h7-13H,6,14H2,1-5H3,(H,21,24). The van der Waals surface area contributed by atoms with E-state index in [2.05, 4.69) is 5.32 Å². The maximum atomic E-state index is 12.9. The quantitative estimate of drug-likeness (QED) is 0.660. The number of hydrogen-bond donors (Lipinski definition) is 1. The van der Waals surface area contributed by atoms with Gasteiger partial charge in [-0.05, 0) is 43.7 Å². The number of amides is 1. The van der Waals surface area contributed by atoms with Crippen molar-refractivity contribution in [2.45, 2.75) is 30.6 Å². The summed E-state index contributed by atoms with van der Waals surface area (Å²) in [6.07, 6.45) is 0. The third kappa shape index (κ3) is 5.25. The number of carbonyl (C=O) groups excluding carboxylic acids is 1. The molecule has 0 unspecified atom stereocenters. The van der Waals surface area contributed by atoms with E-state index in [0.29, 0.717) is 11.3 Å². The second-order valence-electron chi connectivity index (χ2n) is 7.06. The van der Waals surface area contributed by atoms with E-state index in [1.54, 1.807) is 32.0 Å². The maximum Gasteiger partial charge on any atom is 0.243 e. The van der Waals surface area contributed by atoms with Gasteiger partial charge in [0.05, 0.1) is 16.3 Å². The fourth-order valence-corrected chi connectivity index (χ4v) is 5.02. The van der Waals surface area contributed by atoms with E-state index in [1.165, 1.54) is 38.4 Å². The minimum Gasteiger partial charge on any atom is -0.325 e. The molecule has 2 rings (SSSR count). The van der Waals surface area contributed by atoms with Crippen molar-refractivity contribution in [3.63, 3.8) is 0 Å². The lowest BCUT2D eigenvalue weighted by Gasteiger charge is -2.21. The van der Waals surface area contributed by atoms with Crippen molar-refractivity contribution in [1.82, 2.24) is 8.61 Å². The van der Waals surface area contributed by atoms with Crippen molar-refractivity contribution in [2.24, 2.45) is 0 Å². The Morgan fingerprint density at radius 2 is 1.47 bits per heavy atom. The predicted octanol–water partition coefficient (Wildman–Crippen LogP) is 2.20. The molecule has 0 fully saturated rings. The highest BCUT2D eigenvalue weighted by atomic mass is 32.2. The third-order valence-corrected chi connectivity index (χ3v) is 8.34. The molecule has 0 spiro atoms. The summed E-state index contributed by atoms with van der Waals surface area (Å²) < 4.78 is 52.5. The van der Waals surface area contributed by atoms with Crippen LogP contribution in [0.25, 0.3) is 0 Å². The number of anilines is 1. The Labute approximate surface area is 178 Å². The van der Waals surface area contributed by atoms with Gasteiger partial charge in [0, 0.05) is 26.3 Å². The van der Waals surface area contributed by atoms with Crippen LogP contribution in [0.2, 0.25) is 0 Å². The SMILES string of the molecule is CCN(CC(=O)Nc1cc(S(=O)(=O)N(C)C)ccc1C)S(=O)(=O)c1ccc(C)cc1. The molecule has 0 heterocycles. The van der Waals surface area contributed by atoms with Crippen molar-refractivity contribution < 1.29 is 21.6 Å². The van der Waals surface area contributed by atoms with Crippen molar-refractivity contribution in [3.8, 4) is 0 Å². The summed E-state index contributed by atoms with van der Waals surface area (Å²) >= 11 is 0. The van der Waals surface area contributed by atoms with Gasteiger partial charge in [-0.1, -0.05) is 30.7 Å². The molecule has 10 heteroatoms. The van der Waals surface area contributed by atoms with Gasteiger partial charge >= 0.3 is 0 Å². The molecule has 0 saturated carbocycles. The monoisotopic (exact) mass is 453 g/mol. The van der Waals surface area contributed by atoms with Crippen LogP contribution < -0.4 is 5.32 Å². The van der Waals surface area contributed by atoms with Crippen LogP contribution in [-0.2, 0) is 24.8 Å². The van der Waals surface area contributed by atoms with Gasteiger partial charge in [-0.2, -0.15) is 4.31 Å². The fraction of sp³-hybridized carbons (Fsp3) is 0.350. The van der Waals surface area contributed by atoms with E-state index in [0.717, 1.165) is 14.2 Å². The van der Waals surface area contributed by atoms with Crippen molar-refractivity contribution >= 4 is 31.6 Å². The zero-order valence-electron chi connectivity index (χ0n) is 17.7. The van der Waals surface area contributed by atoms with Gasteiger partial charge in [-0.15, -0.1) is 0 Å². The van der Waals surface area contributed by atoms with Gasteiger partial charge in [-0.3, -0.25) is 4.79 Å². The summed E-state index contributed by atoms with van der Waals surface area (Å²) in [5, 5.41) is 2.63. The zero-order valence-corrected chi connectivity index (χ0v) is 19.3. The van der Waals surface area contributed by atoms with Gasteiger partial charge in [0.1, 0.15) is 0 Å². The van der Waals surface area contributed by atoms with Crippen molar-refractivity contribution in [1.29, 1.82) is 0 Å². The van der Waals surface area contributed by atoms with Crippen LogP contribution in [0.1, 0.15) is 18.1 Å². The Kier molecular flexibility index (Phi) is 7.40. The molecule has 164 valence electrons. The van der Waals surface area contributed by atoms with Crippen LogP contribution >= 0.6 is 0 Å². The number of benzene rings is 2. The highest BCUT2D eigenvalue weighted by Crippen LogP contribution is 2.22. The molecule has 0 aliphatic carbocycles. The van der Waals surface area contributed by atoms with E-state index in [-0.39, 0.29) is 16.3 Å². The molecule has 2 aromatic carbocycles. The van der Waals surface area contributed by atoms with E-state index >= 15 is 0 Å². The Morgan fingerprint density at radius 3 is 2.00 bits per heavy atom. The number of hydrogen-bond acceptors (Lipinski definition) is 5. The molecule has 1 amide bonds. The molecule has 1 N–H and O–H groups in total. The second-order valence-corrected chi connectivity index (χ2v) is 11.1. The molecule has 2 aromatic rings. The summed E-state index contributed by atoms with van der Waals surface area (Å²) in [7, 11) is -4.67. The average Bonchev–Trinajstić information content (AvgIpc) is 2.67. The van der Waals surface area contributed by atoms with Crippen LogP contribution in [-0.4, -0.2) is 58.5 Å². The fourth-order valence-electron chi connectivity index (χ4n) is 2.68. The summed E-state index contributed by atoms with van der Waals surface area (Å²) in [6, 6.07) is 10.8. The van der Waals surface area contributed by atoms with E-state index < -0.39 is 32.5 Å². The highest BCUT2D eigenvalue weighted by molar-refractivity contribution is 7.89. The molecular weight excluding hydrogens is 426 g/mol. The van der Waals surface area contributed by atoms with Crippen LogP contribution in [0.3, 0.4) is 0 Å². The first-order valence-electron chi connectivity index (χ1n) is 9.29. The summed E-state index contributed by atoms with van der Waals surface area (Å²) in [5.41, 5.74) is 1.90. The molecule has 0 bridgehead atoms. The molecule has 0 aromatic heterocycles. The van der Waals surface area contributed by atoms with Gasteiger partial charge in [0.15, 0.2) is 0 Å². The van der Waals surface area contributed by atoms with Gasteiger partial charge in [0.25, 0.3) is 0 Å². The van der Waals surface area contributed by atoms with Gasteiger partial charge < -0.3 is 5.32 Å². The summed E-state index contributed by atoms with van der Waals surface area (Å²) in [6.45, 7) is 4.94. The lowest BCUT2D eigenvalue weighted by atomic mass is 10.2. The molecule has 0 aliphatic heterocycles. The Bertz CT molecular complexity index is 1130. The molecule has 0 saturated heterocycles. The molecule has 8 nitrogen and oxygen atoms in total. The van der Waals surface area contributed by atoms with Gasteiger partial charge in [-0.25, -0.2) is 21.1 Å². The van der Waals surface area contributed by atoms with Crippen molar-refractivity contribution in [2.75, 3.05) is 32.5 Å². The van der Waals surface area contributed by atoms with E-state index in [4.69, 9.17) is 0 Å². The van der Waals surface area contributed by atoms with Crippen LogP contribution in [0, 0.1) is 13.8 Å². The van der Waals surface area contributed by atoms with Gasteiger partial charge in [0.2, 0.25) is 26.0 Å². The van der Waals surface area contributed by atoms with E-state index in [1.807, 2.05) is 6.92 Å². The normalized spacial score (nSPS) is 12.4. The largest absolute Gasteiger partial charge is 0.325 e. The lowest BCUT2D eigenvalue weighted by Crippen LogP contribution is -2.38. The first-order chi connectivity index (χ1) is 13.9. The number of likely N-dealkylation sites (N-methyl/N-ethyl adjacent to an activating group) is 1. The topological polar surface area (TPSA) is 104 Å². The number of carbonyl (C=O) groups is 1. The molecule has 30 heavy (non-hydrogen) atoms. The minimum absolute atomic E-state index is 0.0352. The molecule has 0 aliphatic rings. The number of aryl methyl sites for hydroxylation is 2. The Balaban J connectivity index is 2.24. The first-order valence-corrected chi connectivity index (χ1v) is 12.2. The Morgan fingerprint density at radius 1 is 0.900 bits per heavy atom. The van der Waals surface area contributed by atoms with Crippen LogP contribution in [0.5, 0.6) is 0 Å². The molecule has 0 atom stereocenters. The summed E-state index contributed by atoms with van der Waals surface area (Å²) in [5.74, 6) is -0.560. The Hall–Kier alpha value is -2.27. The number of nitrogens with zero attached hydrogens (tertiary/aromatic N) is 2. The average molecular weight is 454 g/mol. The predicted molar refractivity (Wildman–Crippen MR) is 116 cm³/mol.